The van der Waals surface area contributed by atoms with Crippen LogP contribution in [-0.2, 0) is 0 Å². The molecule has 0 unspecified atom stereocenters. The average Bonchev–Trinajstić information content (AvgIpc) is 2.14. The standard InChI is InChI=1S/C5H12.3C4H10.C3H8/c1-5(2,3)4;2*1-4(2)3;1-3-4-2;1-3-2/h1-4H3;2*4H,1-3H3;3-4H2,1-2H3;3H2,1-2H3. The van der Waals surface area contributed by atoms with Gasteiger partial charge in [0.15, 0.2) is 0 Å². The Hall–Kier alpha value is 0. The van der Waals surface area contributed by atoms with Gasteiger partial charge in [0.2, 0.25) is 0 Å². The first kappa shape index (κ1) is 32.1. The van der Waals surface area contributed by atoms with Gasteiger partial charge in [-0.25, -0.2) is 0 Å². The highest BCUT2D eigenvalue weighted by Crippen LogP contribution is 2.08. The van der Waals surface area contributed by atoms with Crippen molar-refractivity contribution >= 4 is 0 Å². The van der Waals surface area contributed by atoms with Crippen molar-refractivity contribution in [2.75, 3.05) is 0 Å². The third-order valence-corrected chi connectivity index (χ3v) is 0.500. The third-order valence-electron chi connectivity index (χ3n) is 0.500. The maximum Gasteiger partial charge on any atom is -0.0411 e. The maximum absolute atomic E-state index is 2.19. The molecule has 0 aliphatic rings. The summed E-state index contributed by atoms with van der Waals surface area (Å²) >= 11 is 0. The Kier molecular flexibility index (Phi) is 43.9. The fourth-order valence-corrected chi connectivity index (χ4v) is 0. The van der Waals surface area contributed by atoms with Gasteiger partial charge in [0.05, 0.1) is 0 Å². The lowest BCUT2D eigenvalue weighted by Crippen LogP contribution is -1.93. The normalized spacial score (nSPS) is 9.00. The maximum atomic E-state index is 2.19. The van der Waals surface area contributed by atoms with Gasteiger partial charge in [0.1, 0.15) is 0 Å². The number of unbranched alkanes of at least 4 members (excludes halogenated alkanes) is 1. The number of rotatable bonds is 1. The highest BCUT2D eigenvalue weighted by Gasteiger charge is 1.95. The Labute approximate surface area is 134 Å². The number of hydrogen-bond acceptors (Lipinski definition) is 0. The van der Waals surface area contributed by atoms with Crippen molar-refractivity contribution in [1.29, 1.82) is 0 Å². The lowest BCUT2D eigenvalue weighted by Gasteiger charge is -2.05. The van der Waals surface area contributed by atoms with E-state index in [4.69, 9.17) is 0 Å². The van der Waals surface area contributed by atoms with Gasteiger partial charge < -0.3 is 0 Å². The second-order valence-corrected chi connectivity index (χ2v) is 8.17. The van der Waals surface area contributed by atoms with E-state index in [1.807, 2.05) is 0 Å². The summed E-state index contributed by atoms with van der Waals surface area (Å²) in [6.07, 6.45) is 3.89. The molecule has 0 aromatic heterocycles. The monoisotopic (exact) mass is 290 g/mol. The molecular formula is C20H50. The van der Waals surface area contributed by atoms with E-state index in [0.29, 0.717) is 5.41 Å². The minimum atomic E-state index is 0.500. The van der Waals surface area contributed by atoms with Gasteiger partial charge in [-0.1, -0.05) is 116 Å². The van der Waals surface area contributed by atoms with Gasteiger partial charge in [0.25, 0.3) is 0 Å². The molecular weight excluding hydrogens is 240 g/mol. The van der Waals surface area contributed by atoms with Crippen LogP contribution in [0.5, 0.6) is 0 Å². The van der Waals surface area contributed by atoms with Crippen molar-refractivity contribution in [2.24, 2.45) is 17.3 Å². The number of hydrogen-bond donors (Lipinski definition) is 0. The molecule has 0 aromatic rings. The van der Waals surface area contributed by atoms with Crippen molar-refractivity contribution in [2.45, 2.75) is 116 Å². The van der Waals surface area contributed by atoms with Crippen LogP contribution in [0, 0.1) is 17.3 Å². The SMILES string of the molecule is CC(C)(C)C.CC(C)C.CC(C)C.CCC.CCCC. The molecule has 0 rings (SSSR count). The van der Waals surface area contributed by atoms with Crippen LogP contribution in [0.4, 0.5) is 0 Å². The summed E-state index contributed by atoms with van der Waals surface area (Å²) in [4.78, 5) is 0. The summed E-state index contributed by atoms with van der Waals surface area (Å²) in [5.74, 6) is 1.67. The molecule has 0 atom stereocenters. The van der Waals surface area contributed by atoms with E-state index in [0.717, 1.165) is 11.8 Å². The summed E-state index contributed by atoms with van der Waals surface area (Å²) in [6, 6.07) is 0. The van der Waals surface area contributed by atoms with Gasteiger partial charge >= 0.3 is 0 Å². The Morgan fingerprint density at radius 3 is 0.600 bits per heavy atom. The predicted molar refractivity (Wildman–Crippen MR) is 103 cm³/mol. The minimum Gasteiger partial charge on any atom is -0.0656 e. The van der Waals surface area contributed by atoms with Gasteiger partial charge in [-0.3, -0.25) is 0 Å². The summed E-state index contributed by atoms with van der Waals surface area (Å²) < 4.78 is 0. The molecule has 0 spiro atoms. The summed E-state index contributed by atoms with van der Waals surface area (Å²) in [5.41, 5.74) is 0.500. The quantitative estimate of drug-likeness (QED) is 0.453. The topological polar surface area (TPSA) is 0 Å². The first-order chi connectivity index (χ1) is 8.79. The molecule has 0 heteroatoms. The molecule has 0 heterocycles. The zero-order valence-electron chi connectivity index (χ0n) is 17.8. The lowest BCUT2D eigenvalue weighted by molar-refractivity contribution is 0.469. The third kappa shape index (κ3) is 5200. The molecule has 0 amide bonds. The van der Waals surface area contributed by atoms with Crippen LogP contribution >= 0.6 is 0 Å². The predicted octanol–water partition coefficient (Wildman–Crippen LogP) is 8.60. The van der Waals surface area contributed by atoms with Crippen LogP contribution in [-0.4, -0.2) is 0 Å². The molecule has 0 N–H and O–H groups in total. The van der Waals surface area contributed by atoms with Crippen molar-refractivity contribution in [3.8, 4) is 0 Å². The summed E-state index contributed by atoms with van der Waals surface area (Å²) in [5, 5.41) is 0. The molecule has 0 aromatic carbocycles. The molecule has 0 radical (unpaired) electrons. The zero-order chi connectivity index (χ0) is 17.8. The highest BCUT2D eigenvalue weighted by atomic mass is 14.0. The van der Waals surface area contributed by atoms with E-state index in [-0.39, 0.29) is 0 Å². The fourth-order valence-electron chi connectivity index (χ4n) is 0. The van der Waals surface area contributed by atoms with Crippen LogP contribution < -0.4 is 0 Å². The van der Waals surface area contributed by atoms with Gasteiger partial charge in [-0.05, 0) is 17.3 Å². The molecule has 0 nitrogen and oxygen atoms in total. The molecule has 0 saturated heterocycles. The van der Waals surface area contributed by atoms with Crippen LogP contribution in [0.1, 0.15) is 116 Å². The molecule has 0 aliphatic heterocycles. The molecule has 130 valence electrons. The van der Waals surface area contributed by atoms with Crippen LogP contribution in [0.3, 0.4) is 0 Å². The van der Waals surface area contributed by atoms with Crippen LogP contribution in [0.2, 0.25) is 0 Å². The highest BCUT2D eigenvalue weighted by molar-refractivity contribution is 4.47. The Morgan fingerprint density at radius 2 is 0.600 bits per heavy atom. The molecule has 20 heavy (non-hydrogen) atoms. The van der Waals surface area contributed by atoms with Crippen molar-refractivity contribution < 1.29 is 0 Å². The van der Waals surface area contributed by atoms with Crippen LogP contribution in [0.25, 0.3) is 0 Å². The van der Waals surface area contributed by atoms with Crippen molar-refractivity contribution in [3.05, 3.63) is 0 Å². The van der Waals surface area contributed by atoms with E-state index >= 15 is 0 Å². The largest absolute Gasteiger partial charge is 0.0656 e. The van der Waals surface area contributed by atoms with Crippen LogP contribution in [0.15, 0.2) is 0 Å². The van der Waals surface area contributed by atoms with Gasteiger partial charge in [0, 0.05) is 0 Å². The molecule has 0 saturated carbocycles. The van der Waals surface area contributed by atoms with E-state index in [2.05, 4.69) is 96.9 Å². The van der Waals surface area contributed by atoms with E-state index < -0.39 is 0 Å². The first-order valence-electron chi connectivity index (χ1n) is 8.79. The average molecular weight is 291 g/mol. The van der Waals surface area contributed by atoms with E-state index in [1.165, 1.54) is 19.3 Å². The van der Waals surface area contributed by atoms with E-state index in [1.54, 1.807) is 0 Å². The van der Waals surface area contributed by atoms with Crippen molar-refractivity contribution in [3.63, 3.8) is 0 Å². The lowest BCUT2D eigenvalue weighted by atomic mass is 10.0. The summed E-state index contributed by atoms with van der Waals surface area (Å²) in [7, 11) is 0. The molecule has 0 bridgehead atoms. The molecule has 0 aliphatic carbocycles. The minimum absolute atomic E-state index is 0.500. The molecule has 0 fully saturated rings. The fraction of sp³-hybridized carbons (Fsp3) is 1.00. The first-order valence-corrected chi connectivity index (χ1v) is 8.79. The Balaban J connectivity index is -0.0000000473. The van der Waals surface area contributed by atoms with E-state index in [9.17, 15) is 0 Å². The second-order valence-electron chi connectivity index (χ2n) is 8.17. The Bertz CT molecular complexity index is 84.2. The summed E-state index contributed by atoms with van der Waals surface area (Å²) in [6.45, 7) is 30.4. The zero-order valence-corrected chi connectivity index (χ0v) is 17.8. The van der Waals surface area contributed by atoms with Crippen molar-refractivity contribution in [1.82, 2.24) is 0 Å². The second kappa shape index (κ2) is 27.4. The van der Waals surface area contributed by atoms with Gasteiger partial charge in [-0.15, -0.1) is 0 Å². The smallest absolute Gasteiger partial charge is 0.0411 e. The van der Waals surface area contributed by atoms with Gasteiger partial charge in [-0.2, -0.15) is 0 Å². The Morgan fingerprint density at radius 1 is 0.550 bits per heavy atom.